The lowest BCUT2D eigenvalue weighted by Crippen LogP contribution is -2.40. The van der Waals surface area contributed by atoms with Gasteiger partial charge in [0.25, 0.3) is 0 Å². The summed E-state index contributed by atoms with van der Waals surface area (Å²) in [4.78, 5) is 12.8. The minimum Gasteiger partial charge on any atom is -0.491 e. The van der Waals surface area contributed by atoms with Gasteiger partial charge in [0.05, 0.1) is 0 Å². The minimum atomic E-state index is -0.661. The molecule has 0 spiro atoms. The maximum Gasteiger partial charge on any atom is 0.244 e. The summed E-state index contributed by atoms with van der Waals surface area (Å²) >= 11 is 1.59. The highest BCUT2D eigenvalue weighted by Gasteiger charge is 2.12. The Morgan fingerprint density at radius 3 is 2.89 bits per heavy atom. The molecule has 4 aromatic rings. The van der Waals surface area contributed by atoms with E-state index < -0.39 is 6.10 Å². The van der Waals surface area contributed by atoms with Crippen molar-refractivity contribution in [2.75, 3.05) is 6.61 Å². The first kappa shape index (κ1) is 18.4. The molecule has 0 radical (unpaired) electrons. The molecule has 1 atom stereocenters. The van der Waals surface area contributed by atoms with Crippen LogP contribution in [0.4, 0.5) is 0 Å². The van der Waals surface area contributed by atoms with Crippen LogP contribution in [0.2, 0.25) is 0 Å². The Hall–Kier alpha value is -2.96. The number of rotatable bonds is 7. The summed E-state index contributed by atoms with van der Waals surface area (Å²) in [5.41, 5.74) is 0.00876. The lowest BCUT2D eigenvalue weighted by atomic mass is 10.2. The molecule has 5 nitrogen and oxygen atoms in total. The molecule has 0 aliphatic rings. The van der Waals surface area contributed by atoms with Crippen LogP contribution in [0.3, 0.4) is 0 Å². The molecule has 1 unspecified atom stereocenters. The molecule has 0 bridgehead atoms. The molecule has 142 valence electrons. The van der Waals surface area contributed by atoms with E-state index in [1.54, 1.807) is 17.4 Å². The van der Waals surface area contributed by atoms with Crippen molar-refractivity contribution in [3.63, 3.8) is 0 Å². The minimum absolute atomic E-state index is 0.00876. The van der Waals surface area contributed by atoms with Crippen molar-refractivity contribution in [2.45, 2.75) is 19.2 Å². The second kappa shape index (κ2) is 7.96. The van der Waals surface area contributed by atoms with Gasteiger partial charge < -0.3 is 9.84 Å². The molecule has 0 aliphatic carbocycles. The van der Waals surface area contributed by atoms with E-state index in [4.69, 9.17) is 4.74 Å². The Kier molecular flexibility index (Phi) is 5.23. The van der Waals surface area contributed by atoms with Gasteiger partial charge in [-0.3, -0.25) is 4.79 Å². The fraction of sp³-hybridized carbons (Fsp3) is 0.182. The van der Waals surface area contributed by atoms with Crippen molar-refractivity contribution in [1.82, 2.24) is 4.57 Å². The van der Waals surface area contributed by atoms with Gasteiger partial charge in [-0.1, -0.05) is 24.8 Å². The Labute approximate surface area is 166 Å². The van der Waals surface area contributed by atoms with Gasteiger partial charge in [-0.25, -0.2) is 9.13 Å². The molecular formula is C22H21N2O3S+. The van der Waals surface area contributed by atoms with Crippen LogP contribution in [0.1, 0.15) is 0 Å². The van der Waals surface area contributed by atoms with E-state index in [1.807, 2.05) is 70.3 Å². The van der Waals surface area contributed by atoms with Gasteiger partial charge in [0.15, 0.2) is 5.43 Å². The third kappa shape index (κ3) is 3.83. The van der Waals surface area contributed by atoms with Crippen LogP contribution < -0.4 is 14.7 Å². The summed E-state index contributed by atoms with van der Waals surface area (Å²) in [7, 11) is 0. The summed E-state index contributed by atoms with van der Waals surface area (Å²) in [6.45, 7) is 5.02. The summed E-state index contributed by atoms with van der Waals surface area (Å²) in [6, 6.07) is 13.1. The van der Waals surface area contributed by atoms with Gasteiger partial charge in [0, 0.05) is 20.2 Å². The molecule has 0 saturated heterocycles. The first-order valence-corrected chi connectivity index (χ1v) is 9.88. The molecule has 6 heteroatoms. The van der Waals surface area contributed by atoms with Crippen molar-refractivity contribution < 1.29 is 14.4 Å². The topological polar surface area (TPSA) is 55.3 Å². The number of benzene rings is 2. The van der Waals surface area contributed by atoms with E-state index >= 15 is 0 Å². The van der Waals surface area contributed by atoms with E-state index in [-0.39, 0.29) is 12.0 Å². The van der Waals surface area contributed by atoms with Gasteiger partial charge >= 0.3 is 0 Å². The Balaban J connectivity index is 1.48. The fourth-order valence-electron chi connectivity index (χ4n) is 3.16. The fourth-order valence-corrected chi connectivity index (χ4v) is 4.22. The molecule has 4 rings (SSSR count). The third-order valence-corrected chi connectivity index (χ3v) is 5.65. The quantitative estimate of drug-likeness (QED) is 0.298. The molecule has 0 saturated carbocycles. The number of hydrogen-bond donors (Lipinski definition) is 1. The summed E-state index contributed by atoms with van der Waals surface area (Å²) < 4.78 is 11.5. The lowest BCUT2D eigenvalue weighted by Gasteiger charge is -2.11. The molecule has 2 aromatic heterocycles. The zero-order valence-electron chi connectivity index (χ0n) is 15.3. The number of aliphatic hydroxyl groups excluding tert-OH is 1. The van der Waals surface area contributed by atoms with Crippen molar-refractivity contribution in [3.05, 3.63) is 84.1 Å². The summed E-state index contributed by atoms with van der Waals surface area (Å²) in [5.74, 6) is 0.584. The standard InChI is InChI=1S/C22H21N2O3S/c1-2-9-23-10-11-24(15-23)13-16(25)14-27-17-7-8-21-19(12-17)22(26)18-5-3-4-6-20(18)28-21/h2-8,10-12,15-16,25H,1,9,13-14H2/q+1. The second-order valence-corrected chi connectivity index (χ2v) is 7.73. The number of hydrogen-bond acceptors (Lipinski definition) is 4. The van der Waals surface area contributed by atoms with E-state index in [1.165, 1.54) is 0 Å². The van der Waals surface area contributed by atoms with Gasteiger partial charge in [-0.05, 0) is 30.3 Å². The maximum atomic E-state index is 12.8. The Morgan fingerprint density at radius 2 is 2.04 bits per heavy atom. The zero-order valence-corrected chi connectivity index (χ0v) is 16.1. The first-order valence-electron chi connectivity index (χ1n) is 9.06. The predicted molar refractivity (Wildman–Crippen MR) is 112 cm³/mol. The van der Waals surface area contributed by atoms with Crippen molar-refractivity contribution >= 4 is 31.5 Å². The Morgan fingerprint density at radius 1 is 1.21 bits per heavy atom. The van der Waals surface area contributed by atoms with E-state index in [2.05, 4.69) is 6.58 Å². The average molecular weight is 393 g/mol. The van der Waals surface area contributed by atoms with E-state index in [0.29, 0.717) is 17.7 Å². The highest BCUT2D eigenvalue weighted by Crippen LogP contribution is 2.27. The average Bonchev–Trinajstić information content (AvgIpc) is 3.14. The molecule has 1 N–H and O–H groups in total. The van der Waals surface area contributed by atoms with Crippen LogP contribution in [0.5, 0.6) is 5.75 Å². The van der Waals surface area contributed by atoms with Crippen LogP contribution in [0.25, 0.3) is 20.2 Å². The molecule has 0 fully saturated rings. The first-order chi connectivity index (χ1) is 13.6. The SMILES string of the molecule is C=CCn1cc[n+](CC(O)COc2ccc3sc4ccccc4c(=O)c3c2)c1. The number of allylic oxidation sites excluding steroid dienone is 1. The number of imidazole rings is 1. The third-order valence-electron chi connectivity index (χ3n) is 4.50. The zero-order chi connectivity index (χ0) is 19.5. The maximum absolute atomic E-state index is 12.8. The highest BCUT2D eigenvalue weighted by atomic mass is 32.1. The second-order valence-electron chi connectivity index (χ2n) is 6.65. The van der Waals surface area contributed by atoms with Gasteiger partial charge in [0.2, 0.25) is 6.33 Å². The van der Waals surface area contributed by atoms with Crippen LogP contribution >= 0.6 is 11.3 Å². The number of aromatic nitrogens is 2. The smallest absolute Gasteiger partial charge is 0.244 e. The van der Waals surface area contributed by atoms with Crippen LogP contribution in [0, 0.1) is 0 Å². The molecular weight excluding hydrogens is 372 g/mol. The number of nitrogens with zero attached hydrogens (tertiary/aromatic N) is 2. The van der Waals surface area contributed by atoms with Crippen LogP contribution in [-0.4, -0.2) is 22.4 Å². The monoisotopic (exact) mass is 393 g/mol. The number of fused-ring (bicyclic) bond motifs is 2. The lowest BCUT2D eigenvalue weighted by molar-refractivity contribution is -0.703. The highest BCUT2D eigenvalue weighted by molar-refractivity contribution is 7.24. The van der Waals surface area contributed by atoms with Crippen molar-refractivity contribution in [3.8, 4) is 5.75 Å². The number of aliphatic hydroxyl groups is 1. The van der Waals surface area contributed by atoms with Crippen LogP contribution in [0.15, 0.2) is 78.6 Å². The largest absolute Gasteiger partial charge is 0.491 e. The van der Waals surface area contributed by atoms with Crippen LogP contribution in [-0.2, 0) is 13.1 Å². The molecule has 2 aromatic carbocycles. The summed E-state index contributed by atoms with van der Waals surface area (Å²) in [5, 5.41) is 11.6. The van der Waals surface area contributed by atoms with Gasteiger partial charge in [-0.15, -0.1) is 11.3 Å². The van der Waals surface area contributed by atoms with Gasteiger partial charge in [-0.2, -0.15) is 0 Å². The molecule has 28 heavy (non-hydrogen) atoms. The molecule has 0 aliphatic heterocycles. The summed E-state index contributed by atoms with van der Waals surface area (Å²) in [6.07, 6.45) is 6.90. The van der Waals surface area contributed by atoms with E-state index in [0.717, 1.165) is 21.3 Å². The van der Waals surface area contributed by atoms with Crippen molar-refractivity contribution in [1.29, 1.82) is 0 Å². The predicted octanol–water partition coefficient (Wildman–Crippen LogP) is 3.13. The van der Waals surface area contributed by atoms with Crippen molar-refractivity contribution in [2.24, 2.45) is 0 Å². The molecule has 2 heterocycles. The van der Waals surface area contributed by atoms with E-state index in [9.17, 15) is 9.90 Å². The normalized spacial score (nSPS) is 12.3. The van der Waals surface area contributed by atoms with Gasteiger partial charge in [0.1, 0.15) is 43.9 Å². The number of ether oxygens (including phenoxy) is 1. The molecule has 0 amide bonds. The Bertz CT molecular complexity index is 1200.